The number of hydrogen-bond donors (Lipinski definition) is 0. The van der Waals surface area contributed by atoms with E-state index in [1.54, 1.807) is 13.3 Å². The first-order chi connectivity index (χ1) is 13.2. The minimum Gasteiger partial charge on any atom is -0.496 e. The molecule has 0 radical (unpaired) electrons. The van der Waals surface area contributed by atoms with Gasteiger partial charge in [-0.05, 0) is 65.2 Å². The summed E-state index contributed by atoms with van der Waals surface area (Å²) in [6, 6.07) is 3.22. The standard InChI is InChI=1S/C22H37N3O2.CH4/c1-19(2)25(13-7-5-4-6-8-16-26)21-10-14-24(15-11-21)18-20-17-23-12-9-22(20)27-3;/h9,12,16-17,19,21H,4-8,10-11,13-15,18H2,1-3H3;1H4. The van der Waals surface area contributed by atoms with Crippen molar-refractivity contribution >= 4 is 6.29 Å². The molecular formula is C23H41N3O2. The van der Waals surface area contributed by atoms with Gasteiger partial charge in [-0.1, -0.05) is 20.3 Å². The van der Waals surface area contributed by atoms with Gasteiger partial charge in [0.05, 0.1) is 7.11 Å². The van der Waals surface area contributed by atoms with Crippen LogP contribution in [0.2, 0.25) is 0 Å². The first kappa shape index (κ1) is 24.6. The lowest BCUT2D eigenvalue weighted by molar-refractivity contribution is -0.107. The third-order valence-corrected chi connectivity index (χ3v) is 5.65. The fourth-order valence-electron chi connectivity index (χ4n) is 4.12. The molecule has 1 aromatic rings. The highest BCUT2D eigenvalue weighted by Gasteiger charge is 2.26. The zero-order valence-corrected chi connectivity index (χ0v) is 17.4. The molecule has 0 amide bonds. The van der Waals surface area contributed by atoms with E-state index in [1.165, 1.54) is 44.2 Å². The van der Waals surface area contributed by atoms with Gasteiger partial charge in [-0.15, -0.1) is 0 Å². The summed E-state index contributed by atoms with van der Waals surface area (Å²) >= 11 is 0. The molecule has 5 nitrogen and oxygen atoms in total. The second-order valence-corrected chi connectivity index (χ2v) is 7.90. The molecular weight excluding hydrogens is 350 g/mol. The number of pyridine rings is 1. The Morgan fingerprint density at radius 1 is 1.25 bits per heavy atom. The quantitative estimate of drug-likeness (QED) is 0.386. The molecule has 0 aromatic carbocycles. The molecule has 1 aromatic heterocycles. The van der Waals surface area contributed by atoms with Crippen LogP contribution in [-0.4, -0.2) is 59.9 Å². The smallest absolute Gasteiger partial charge is 0.126 e. The lowest BCUT2D eigenvalue weighted by Crippen LogP contribution is -2.47. The molecule has 0 saturated carbocycles. The number of piperidine rings is 1. The average molecular weight is 392 g/mol. The summed E-state index contributed by atoms with van der Waals surface area (Å²) < 4.78 is 5.46. The molecule has 0 atom stereocenters. The zero-order valence-electron chi connectivity index (χ0n) is 17.4. The van der Waals surface area contributed by atoms with Crippen molar-refractivity contribution in [3.8, 4) is 5.75 Å². The summed E-state index contributed by atoms with van der Waals surface area (Å²) in [5.74, 6) is 0.936. The van der Waals surface area contributed by atoms with E-state index in [-0.39, 0.29) is 7.43 Å². The second-order valence-electron chi connectivity index (χ2n) is 7.90. The van der Waals surface area contributed by atoms with Crippen LogP contribution in [0.25, 0.3) is 0 Å². The molecule has 1 saturated heterocycles. The molecule has 1 aliphatic rings. The monoisotopic (exact) mass is 391 g/mol. The van der Waals surface area contributed by atoms with E-state index in [2.05, 4.69) is 28.6 Å². The van der Waals surface area contributed by atoms with Gasteiger partial charge in [-0.25, -0.2) is 0 Å². The van der Waals surface area contributed by atoms with Gasteiger partial charge in [0.15, 0.2) is 0 Å². The molecule has 0 spiro atoms. The molecule has 160 valence electrons. The molecule has 2 rings (SSSR count). The molecule has 1 fully saturated rings. The summed E-state index contributed by atoms with van der Waals surface area (Å²) in [5.41, 5.74) is 1.18. The summed E-state index contributed by atoms with van der Waals surface area (Å²) in [7, 11) is 1.73. The SMILES string of the molecule is C.COc1ccncc1CN1CCC(N(CCCCCCC=O)C(C)C)CC1. The largest absolute Gasteiger partial charge is 0.496 e. The lowest BCUT2D eigenvalue weighted by Gasteiger charge is -2.40. The van der Waals surface area contributed by atoms with Gasteiger partial charge in [0.1, 0.15) is 12.0 Å². The average Bonchev–Trinajstić information content (AvgIpc) is 2.68. The Hall–Kier alpha value is -1.46. The van der Waals surface area contributed by atoms with Crippen LogP contribution in [0.15, 0.2) is 18.5 Å². The number of aldehydes is 1. The van der Waals surface area contributed by atoms with Crippen LogP contribution in [0, 0.1) is 0 Å². The summed E-state index contributed by atoms with van der Waals surface area (Å²) in [6.07, 6.45) is 12.6. The molecule has 2 heterocycles. The molecule has 0 bridgehead atoms. The number of likely N-dealkylation sites (tertiary alicyclic amines) is 1. The number of carbonyl (C=O) groups is 1. The van der Waals surface area contributed by atoms with Gasteiger partial charge in [0, 0.05) is 43.0 Å². The molecule has 0 aliphatic carbocycles. The predicted molar refractivity (Wildman–Crippen MR) is 117 cm³/mol. The first-order valence-corrected chi connectivity index (χ1v) is 10.5. The Kier molecular flexibility index (Phi) is 12.0. The van der Waals surface area contributed by atoms with E-state index in [1.807, 2.05) is 12.3 Å². The minimum atomic E-state index is 0. The molecule has 5 heteroatoms. The zero-order chi connectivity index (χ0) is 19.5. The van der Waals surface area contributed by atoms with Crippen molar-refractivity contribution < 1.29 is 9.53 Å². The third kappa shape index (κ3) is 7.88. The number of rotatable bonds is 12. The molecule has 28 heavy (non-hydrogen) atoms. The number of methoxy groups -OCH3 is 1. The highest BCUT2D eigenvalue weighted by Crippen LogP contribution is 2.23. The Bertz CT molecular complexity index is 542. The van der Waals surface area contributed by atoms with Crippen molar-refractivity contribution in [3.63, 3.8) is 0 Å². The second kappa shape index (κ2) is 13.7. The normalized spacial score (nSPS) is 15.6. The van der Waals surface area contributed by atoms with Gasteiger partial charge in [-0.2, -0.15) is 0 Å². The van der Waals surface area contributed by atoms with E-state index in [0.29, 0.717) is 18.5 Å². The van der Waals surface area contributed by atoms with Gasteiger partial charge < -0.3 is 9.53 Å². The highest BCUT2D eigenvalue weighted by molar-refractivity contribution is 5.48. The van der Waals surface area contributed by atoms with Gasteiger partial charge in [0.25, 0.3) is 0 Å². The lowest BCUT2D eigenvalue weighted by atomic mass is 10.00. The summed E-state index contributed by atoms with van der Waals surface area (Å²) in [5, 5.41) is 0. The fraction of sp³-hybridized carbons (Fsp3) is 0.739. The maximum Gasteiger partial charge on any atom is 0.126 e. The van der Waals surface area contributed by atoms with Crippen molar-refractivity contribution in [2.24, 2.45) is 0 Å². The maximum absolute atomic E-state index is 10.4. The van der Waals surface area contributed by atoms with Crippen molar-refractivity contribution in [2.75, 3.05) is 26.7 Å². The number of aromatic nitrogens is 1. The third-order valence-electron chi connectivity index (χ3n) is 5.65. The van der Waals surface area contributed by atoms with Gasteiger partial charge in [0.2, 0.25) is 0 Å². The highest BCUT2D eigenvalue weighted by atomic mass is 16.5. The van der Waals surface area contributed by atoms with Crippen LogP contribution in [-0.2, 0) is 11.3 Å². The van der Waals surface area contributed by atoms with E-state index in [9.17, 15) is 4.79 Å². The van der Waals surface area contributed by atoms with Gasteiger partial charge >= 0.3 is 0 Å². The van der Waals surface area contributed by atoms with Crippen molar-refractivity contribution in [3.05, 3.63) is 24.0 Å². The fourth-order valence-corrected chi connectivity index (χ4v) is 4.12. The van der Waals surface area contributed by atoms with Crippen LogP contribution in [0.4, 0.5) is 0 Å². The molecule has 0 unspecified atom stereocenters. The number of hydrogen-bond acceptors (Lipinski definition) is 5. The Morgan fingerprint density at radius 2 is 1.96 bits per heavy atom. The van der Waals surface area contributed by atoms with E-state index in [0.717, 1.165) is 38.1 Å². The number of carbonyl (C=O) groups excluding carboxylic acids is 1. The first-order valence-electron chi connectivity index (χ1n) is 10.5. The molecule has 1 aliphatic heterocycles. The maximum atomic E-state index is 10.4. The van der Waals surface area contributed by atoms with E-state index in [4.69, 9.17) is 4.74 Å². The van der Waals surface area contributed by atoms with Crippen LogP contribution < -0.4 is 4.74 Å². The minimum absolute atomic E-state index is 0. The van der Waals surface area contributed by atoms with Crippen LogP contribution >= 0.6 is 0 Å². The predicted octanol–water partition coefficient (Wildman–Crippen LogP) is 4.55. The van der Waals surface area contributed by atoms with Crippen molar-refractivity contribution in [1.82, 2.24) is 14.8 Å². The Morgan fingerprint density at radius 3 is 2.61 bits per heavy atom. The van der Waals surface area contributed by atoms with Crippen LogP contribution in [0.5, 0.6) is 5.75 Å². The van der Waals surface area contributed by atoms with Crippen LogP contribution in [0.3, 0.4) is 0 Å². The Labute approximate surface area is 172 Å². The van der Waals surface area contributed by atoms with Crippen molar-refractivity contribution in [1.29, 1.82) is 0 Å². The Balaban J connectivity index is 0.00000392. The molecule has 0 N–H and O–H groups in total. The summed E-state index contributed by atoms with van der Waals surface area (Å²) in [4.78, 5) is 19.9. The topological polar surface area (TPSA) is 45.7 Å². The van der Waals surface area contributed by atoms with Crippen molar-refractivity contribution in [2.45, 2.75) is 84.8 Å². The van der Waals surface area contributed by atoms with Crippen LogP contribution in [0.1, 0.15) is 71.8 Å². The van der Waals surface area contributed by atoms with Gasteiger partial charge in [-0.3, -0.25) is 14.8 Å². The van der Waals surface area contributed by atoms with E-state index < -0.39 is 0 Å². The summed E-state index contributed by atoms with van der Waals surface area (Å²) in [6.45, 7) is 9.00. The van der Waals surface area contributed by atoms with E-state index >= 15 is 0 Å². The number of ether oxygens (including phenoxy) is 1. The number of nitrogens with zero attached hydrogens (tertiary/aromatic N) is 3. The number of unbranched alkanes of at least 4 members (excludes halogenated alkanes) is 4.